The van der Waals surface area contributed by atoms with E-state index < -0.39 is 9.84 Å². The monoisotopic (exact) mass is 456 g/mol. The van der Waals surface area contributed by atoms with Crippen LogP contribution in [-0.4, -0.2) is 34.3 Å². The van der Waals surface area contributed by atoms with Crippen LogP contribution in [0.2, 0.25) is 0 Å². The summed E-state index contributed by atoms with van der Waals surface area (Å²) in [5.74, 6) is -0.0617. The molecule has 0 atom stereocenters. The molecule has 0 unspecified atom stereocenters. The van der Waals surface area contributed by atoms with Crippen molar-refractivity contribution in [1.82, 2.24) is 19.6 Å². The first-order chi connectivity index (χ1) is 15.9. The van der Waals surface area contributed by atoms with Crippen molar-refractivity contribution in [2.24, 2.45) is 5.10 Å². The van der Waals surface area contributed by atoms with Gasteiger partial charge in [0.2, 0.25) is 9.84 Å². The summed E-state index contributed by atoms with van der Waals surface area (Å²) >= 11 is 0. The van der Waals surface area contributed by atoms with Gasteiger partial charge in [0.1, 0.15) is 16.2 Å². The number of fused-ring (bicyclic) bond motifs is 2. The molecule has 8 nitrogen and oxygen atoms in total. The second kappa shape index (κ2) is 7.79. The molecule has 0 saturated carbocycles. The van der Waals surface area contributed by atoms with E-state index in [2.05, 4.69) is 20.1 Å². The smallest absolute Gasteiger partial charge is 0.212 e. The van der Waals surface area contributed by atoms with Gasteiger partial charge in [0.15, 0.2) is 5.65 Å². The first-order valence-electron chi connectivity index (χ1n) is 10.2. The molecule has 0 saturated heterocycles. The Hall–Kier alpha value is -4.11. The van der Waals surface area contributed by atoms with E-state index in [1.807, 2.05) is 31.2 Å². The Balaban J connectivity index is 1.83. The van der Waals surface area contributed by atoms with Crippen molar-refractivity contribution in [2.75, 3.05) is 5.73 Å². The summed E-state index contributed by atoms with van der Waals surface area (Å²) in [5, 5.41) is 4.42. The predicted octanol–water partition coefficient (Wildman–Crippen LogP) is 3.89. The van der Waals surface area contributed by atoms with Crippen LogP contribution in [0.5, 0.6) is 0 Å². The number of nitrogen functional groups attached to an aromatic ring is 1. The first-order valence-corrected chi connectivity index (χ1v) is 11.7. The van der Waals surface area contributed by atoms with E-state index in [4.69, 9.17) is 5.73 Å². The average molecular weight is 457 g/mol. The number of anilines is 1. The molecular formula is C24H20N6O2S. The van der Waals surface area contributed by atoms with Crippen molar-refractivity contribution in [1.29, 1.82) is 0 Å². The molecule has 2 aromatic carbocycles. The summed E-state index contributed by atoms with van der Waals surface area (Å²) in [5.41, 5.74) is 10.0. The Kier molecular flexibility index (Phi) is 4.90. The second-order valence-corrected chi connectivity index (χ2v) is 9.54. The molecule has 33 heavy (non-hydrogen) atoms. The van der Waals surface area contributed by atoms with Gasteiger partial charge in [-0.3, -0.25) is 4.98 Å². The maximum atomic E-state index is 13.8. The van der Waals surface area contributed by atoms with Crippen molar-refractivity contribution < 1.29 is 8.42 Å². The highest BCUT2D eigenvalue weighted by molar-refractivity contribution is 7.92. The van der Waals surface area contributed by atoms with Crippen LogP contribution in [0.15, 0.2) is 81.8 Å². The maximum absolute atomic E-state index is 13.8. The first kappa shape index (κ1) is 20.8. The Morgan fingerprint density at radius 1 is 0.970 bits per heavy atom. The van der Waals surface area contributed by atoms with Crippen LogP contribution in [0.25, 0.3) is 22.2 Å². The molecule has 3 aromatic heterocycles. The fourth-order valence-corrected chi connectivity index (χ4v) is 5.49. The van der Waals surface area contributed by atoms with Gasteiger partial charge in [-0.2, -0.15) is 9.78 Å². The molecule has 0 radical (unpaired) electrons. The third kappa shape index (κ3) is 3.52. The van der Waals surface area contributed by atoms with Gasteiger partial charge >= 0.3 is 0 Å². The van der Waals surface area contributed by atoms with Crippen LogP contribution in [0.1, 0.15) is 16.8 Å². The number of aromatic nitrogens is 4. The number of benzene rings is 2. The molecule has 0 fully saturated rings. The van der Waals surface area contributed by atoms with E-state index in [0.29, 0.717) is 22.3 Å². The topological polar surface area (TPSA) is 116 Å². The number of nitrogens with two attached hydrogens (primary N) is 1. The molecule has 9 heteroatoms. The molecule has 2 N–H and O–H groups in total. The van der Waals surface area contributed by atoms with Crippen molar-refractivity contribution in [3.63, 3.8) is 0 Å². The van der Waals surface area contributed by atoms with E-state index in [1.54, 1.807) is 49.5 Å². The molecule has 0 aliphatic carbocycles. The lowest BCUT2D eigenvalue weighted by Gasteiger charge is -2.09. The van der Waals surface area contributed by atoms with Crippen LogP contribution in [0, 0.1) is 13.8 Å². The number of nitrogens with zero attached hydrogens (tertiary/aromatic N) is 5. The van der Waals surface area contributed by atoms with E-state index in [9.17, 15) is 8.42 Å². The highest BCUT2D eigenvalue weighted by atomic mass is 32.2. The Morgan fingerprint density at radius 2 is 1.70 bits per heavy atom. The highest BCUT2D eigenvalue weighted by Gasteiger charge is 2.31. The van der Waals surface area contributed by atoms with Crippen LogP contribution in [0.3, 0.4) is 0 Å². The number of hydrogen-bond donors (Lipinski definition) is 1. The summed E-state index contributed by atoms with van der Waals surface area (Å²) < 4.78 is 29.0. The minimum atomic E-state index is -4.02. The lowest BCUT2D eigenvalue weighted by molar-refractivity contribution is 0.596. The average Bonchev–Trinajstić information content (AvgIpc) is 3.09. The van der Waals surface area contributed by atoms with E-state index >= 15 is 0 Å². The largest absolute Gasteiger partial charge is 0.382 e. The SMILES string of the molecule is Cc1ccc(C)c(S(=O)(=O)c2c(N)n(N=Cc3ccccn3)c3nc4ccccc4nc23)c1. The summed E-state index contributed by atoms with van der Waals surface area (Å²) in [7, 11) is -4.02. The zero-order valence-electron chi connectivity index (χ0n) is 18.0. The van der Waals surface area contributed by atoms with Crippen molar-refractivity contribution in [2.45, 2.75) is 23.6 Å². The minimum absolute atomic E-state index is 0.0617. The zero-order chi connectivity index (χ0) is 23.2. The lowest BCUT2D eigenvalue weighted by Crippen LogP contribution is -2.08. The molecular weight excluding hydrogens is 436 g/mol. The Bertz CT molecular complexity index is 1660. The Morgan fingerprint density at radius 3 is 2.42 bits per heavy atom. The number of hydrogen-bond acceptors (Lipinski definition) is 7. The number of para-hydroxylation sites is 2. The van der Waals surface area contributed by atoms with Crippen molar-refractivity contribution in [3.05, 3.63) is 83.7 Å². The molecule has 0 bridgehead atoms. The molecule has 5 rings (SSSR count). The molecule has 0 aliphatic heterocycles. The third-order valence-corrected chi connectivity index (χ3v) is 7.28. The van der Waals surface area contributed by atoms with Crippen molar-refractivity contribution >= 4 is 44.1 Å². The summed E-state index contributed by atoms with van der Waals surface area (Å²) in [6, 6.07) is 17.9. The van der Waals surface area contributed by atoms with Gasteiger partial charge in [-0.1, -0.05) is 30.3 Å². The Labute approximate surface area is 190 Å². The number of rotatable bonds is 4. The molecule has 0 aliphatic rings. The van der Waals surface area contributed by atoms with Crippen LogP contribution in [-0.2, 0) is 9.84 Å². The molecule has 3 heterocycles. The highest BCUT2D eigenvalue weighted by Crippen LogP contribution is 2.36. The van der Waals surface area contributed by atoms with Crippen molar-refractivity contribution in [3.8, 4) is 0 Å². The maximum Gasteiger partial charge on any atom is 0.212 e. The molecule has 164 valence electrons. The molecule has 0 spiro atoms. The van der Waals surface area contributed by atoms with Crippen LogP contribution < -0.4 is 5.73 Å². The fraction of sp³-hybridized carbons (Fsp3) is 0.0833. The summed E-state index contributed by atoms with van der Waals surface area (Å²) in [6.45, 7) is 3.59. The van der Waals surface area contributed by atoms with Gasteiger partial charge in [-0.25, -0.2) is 18.4 Å². The second-order valence-electron chi connectivity index (χ2n) is 7.68. The van der Waals surface area contributed by atoms with Gasteiger partial charge in [-0.15, -0.1) is 0 Å². The summed E-state index contributed by atoms with van der Waals surface area (Å²) in [6.07, 6.45) is 3.14. The lowest BCUT2D eigenvalue weighted by atomic mass is 10.2. The number of sulfone groups is 1. The standard InChI is InChI=1S/C24H20N6O2S/c1-15-10-11-16(2)20(13-15)33(31,32)22-21-24(29-19-9-4-3-8-18(19)28-21)30(23(22)25)27-14-17-7-5-6-12-26-17/h3-14H,25H2,1-2H3. The fourth-order valence-electron chi connectivity index (χ4n) is 3.68. The van der Waals surface area contributed by atoms with Gasteiger partial charge in [0, 0.05) is 6.20 Å². The van der Waals surface area contributed by atoms with Gasteiger partial charge < -0.3 is 5.73 Å². The number of aryl methyl sites for hydroxylation is 2. The van der Waals surface area contributed by atoms with Crippen LogP contribution >= 0.6 is 0 Å². The van der Waals surface area contributed by atoms with Gasteiger partial charge in [-0.05, 0) is 55.3 Å². The summed E-state index contributed by atoms with van der Waals surface area (Å²) in [4.78, 5) is 13.6. The predicted molar refractivity (Wildman–Crippen MR) is 128 cm³/mol. The van der Waals surface area contributed by atoms with Crippen LogP contribution in [0.4, 0.5) is 5.82 Å². The van der Waals surface area contributed by atoms with Gasteiger partial charge in [0.25, 0.3) is 0 Å². The quantitative estimate of drug-likeness (QED) is 0.410. The number of pyridine rings is 1. The van der Waals surface area contributed by atoms with Gasteiger partial charge in [0.05, 0.1) is 27.8 Å². The normalized spacial score (nSPS) is 12.2. The van der Waals surface area contributed by atoms with E-state index in [0.717, 1.165) is 5.56 Å². The molecule has 5 aromatic rings. The minimum Gasteiger partial charge on any atom is -0.382 e. The molecule has 0 amide bonds. The van der Waals surface area contributed by atoms with E-state index in [1.165, 1.54) is 10.9 Å². The van der Waals surface area contributed by atoms with E-state index in [-0.39, 0.29) is 26.8 Å². The zero-order valence-corrected chi connectivity index (χ0v) is 18.8. The third-order valence-electron chi connectivity index (χ3n) is 5.32.